The topological polar surface area (TPSA) is 32.3 Å². The van der Waals surface area contributed by atoms with E-state index in [0.29, 0.717) is 6.04 Å². The van der Waals surface area contributed by atoms with Gasteiger partial charge in [-0.3, -0.25) is 4.79 Å². The Morgan fingerprint density at radius 1 is 1.26 bits per heavy atom. The molecule has 0 aromatic heterocycles. The van der Waals surface area contributed by atoms with Crippen molar-refractivity contribution in [2.75, 3.05) is 7.05 Å². The van der Waals surface area contributed by atoms with Gasteiger partial charge in [-0.2, -0.15) is 0 Å². The fraction of sp³-hybridized carbons (Fsp3) is 0.938. The van der Waals surface area contributed by atoms with Crippen LogP contribution in [-0.2, 0) is 4.79 Å². The van der Waals surface area contributed by atoms with Crippen molar-refractivity contribution in [2.24, 2.45) is 11.3 Å². The molecule has 0 spiro atoms. The summed E-state index contributed by atoms with van der Waals surface area (Å²) in [7, 11) is 1.96. The predicted molar refractivity (Wildman–Crippen MR) is 79.0 cm³/mol. The second-order valence-electron chi connectivity index (χ2n) is 7.60. The Hall–Kier alpha value is -0.570. The number of carbonyl (C=O) groups excluding carboxylic acids is 1. The van der Waals surface area contributed by atoms with Gasteiger partial charge in [0.2, 0.25) is 5.91 Å². The average molecular weight is 266 g/mol. The van der Waals surface area contributed by atoms with Crippen LogP contribution in [0.3, 0.4) is 0 Å². The first kappa shape index (κ1) is 14.8. The zero-order valence-electron chi connectivity index (χ0n) is 13.2. The highest BCUT2D eigenvalue weighted by molar-refractivity contribution is 5.82. The molecule has 1 aliphatic heterocycles. The van der Waals surface area contributed by atoms with E-state index in [0.717, 1.165) is 12.3 Å². The minimum atomic E-state index is 0.0582. The van der Waals surface area contributed by atoms with Gasteiger partial charge in [-0.05, 0) is 37.5 Å². The third-order valence-electron chi connectivity index (χ3n) is 5.34. The second-order valence-corrected chi connectivity index (χ2v) is 7.60. The van der Waals surface area contributed by atoms with E-state index in [4.69, 9.17) is 0 Å². The number of amides is 1. The number of fused-ring (bicyclic) bond motifs is 1. The molecule has 19 heavy (non-hydrogen) atoms. The number of nitrogens with one attached hydrogen (secondary N) is 1. The summed E-state index contributed by atoms with van der Waals surface area (Å²) in [5, 5.41) is 3.59. The van der Waals surface area contributed by atoms with Gasteiger partial charge in [0.1, 0.15) is 0 Å². The molecule has 3 heteroatoms. The monoisotopic (exact) mass is 266 g/mol. The predicted octanol–water partition coefficient (Wildman–Crippen LogP) is 2.80. The zero-order valence-corrected chi connectivity index (χ0v) is 13.2. The maximum absolute atomic E-state index is 12.6. The van der Waals surface area contributed by atoms with Crippen molar-refractivity contribution >= 4 is 5.91 Å². The molecule has 1 aliphatic carbocycles. The van der Waals surface area contributed by atoms with Crippen LogP contribution in [0.4, 0.5) is 0 Å². The Labute approximate surface area is 118 Å². The van der Waals surface area contributed by atoms with Gasteiger partial charge >= 0.3 is 0 Å². The van der Waals surface area contributed by atoms with Gasteiger partial charge in [0.15, 0.2) is 0 Å². The molecule has 1 N–H and O–H groups in total. The molecule has 0 bridgehead atoms. The van der Waals surface area contributed by atoms with Crippen molar-refractivity contribution in [3.63, 3.8) is 0 Å². The average Bonchev–Trinajstić information content (AvgIpc) is 2.78. The quantitative estimate of drug-likeness (QED) is 0.833. The number of carbonyl (C=O) groups is 1. The van der Waals surface area contributed by atoms with Crippen LogP contribution in [0.2, 0.25) is 0 Å². The molecule has 4 atom stereocenters. The molecule has 1 amide bonds. The van der Waals surface area contributed by atoms with E-state index >= 15 is 0 Å². The van der Waals surface area contributed by atoms with Crippen LogP contribution in [0, 0.1) is 11.3 Å². The molecule has 1 saturated heterocycles. The Bertz CT molecular complexity index is 320. The molecule has 2 fully saturated rings. The van der Waals surface area contributed by atoms with Crippen molar-refractivity contribution in [1.82, 2.24) is 10.2 Å². The molecule has 2 aliphatic rings. The van der Waals surface area contributed by atoms with E-state index in [1.165, 1.54) is 25.7 Å². The second kappa shape index (κ2) is 5.43. The van der Waals surface area contributed by atoms with Crippen LogP contribution in [0.5, 0.6) is 0 Å². The van der Waals surface area contributed by atoms with Crippen molar-refractivity contribution in [3.05, 3.63) is 0 Å². The fourth-order valence-corrected chi connectivity index (χ4v) is 3.53. The lowest BCUT2D eigenvalue weighted by Crippen LogP contribution is -2.50. The SMILES string of the molecule is CC(N(C)C(=O)C1CC2CCCCC2N1)C(C)(C)C. The molecule has 110 valence electrons. The van der Waals surface area contributed by atoms with Crippen molar-refractivity contribution in [2.45, 2.75) is 77.9 Å². The zero-order chi connectivity index (χ0) is 14.2. The van der Waals surface area contributed by atoms with Crippen LogP contribution in [-0.4, -0.2) is 36.0 Å². The van der Waals surface area contributed by atoms with Crippen LogP contribution in [0.25, 0.3) is 0 Å². The molecule has 0 aromatic rings. The van der Waals surface area contributed by atoms with Crippen LogP contribution >= 0.6 is 0 Å². The maximum Gasteiger partial charge on any atom is 0.239 e. The van der Waals surface area contributed by atoms with E-state index in [1.807, 2.05) is 11.9 Å². The standard InChI is InChI=1S/C16H30N2O/c1-11(16(2,3)4)18(5)15(19)14-10-12-8-6-7-9-13(12)17-14/h11-14,17H,6-10H2,1-5H3. The van der Waals surface area contributed by atoms with E-state index in [-0.39, 0.29) is 23.4 Å². The highest BCUT2D eigenvalue weighted by atomic mass is 16.2. The number of hydrogen-bond acceptors (Lipinski definition) is 2. The molecule has 0 radical (unpaired) electrons. The summed E-state index contributed by atoms with van der Waals surface area (Å²) in [6.07, 6.45) is 6.28. The first-order valence-corrected chi connectivity index (χ1v) is 7.83. The Kier molecular flexibility index (Phi) is 4.24. The molecule has 1 heterocycles. The van der Waals surface area contributed by atoms with Gasteiger partial charge in [-0.15, -0.1) is 0 Å². The molecule has 3 nitrogen and oxygen atoms in total. The smallest absolute Gasteiger partial charge is 0.239 e. The minimum Gasteiger partial charge on any atom is -0.341 e. The van der Waals surface area contributed by atoms with Gasteiger partial charge in [0.25, 0.3) is 0 Å². The third-order valence-corrected chi connectivity index (χ3v) is 5.34. The number of hydrogen-bond donors (Lipinski definition) is 1. The highest BCUT2D eigenvalue weighted by Gasteiger charge is 2.40. The summed E-state index contributed by atoms with van der Waals surface area (Å²) >= 11 is 0. The summed E-state index contributed by atoms with van der Waals surface area (Å²) in [4.78, 5) is 14.6. The largest absolute Gasteiger partial charge is 0.341 e. The summed E-state index contributed by atoms with van der Waals surface area (Å²) in [6.45, 7) is 8.75. The summed E-state index contributed by atoms with van der Waals surface area (Å²) in [5.74, 6) is 1.03. The maximum atomic E-state index is 12.6. The molecule has 2 rings (SSSR count). The van der Waals surface area contributed by atoms with Crippen LogP contribution < -0.4 is 5.32 Å². The van der Waals surface area contributed by atoms with E-state index in [9.17, 15) is 4.79 Å². The van der Waals surface area contributed by atoms with Gasteiger partial charge in [0.05, 0.1) is 6.04 Å². The fourth-order valence-electron chi connectivity index (χ4n) is 3.53. The lowest BCUT2D eigenvalue weighted by atomic mass is 9.84. The summed E-state index contributed by atoms with van der Waals surface area (Å²) < 4.78 is 0. The highest BCUT2D eigenvalue weighted by Crippen LogP contribution is 2.34. The van der Waals surface area contributed by atoms with Crippen LogP contribution in [0.1, 0.15) is 59.8 Å². The van der Waals surface area contributed by atoms with Crippen molar-refractivity contribution in [3.8, 4) is 0 Å². The van der Waals surface area contributed by atoms with Crippen LogP contribution in [0.15, 0.2) is 0 Å². The number of nitrogens with zero attached hydrogens (tertiary/aromatic N) is 1. The molecule has 0 aromatic carbocycles. The summed E-state index contributed by atoms with van der Waals surface area (Å²) in [6, 6.07) is 0.924. The van der Waals surface area contributed by atoms with Gasteiger partial charge in [-0.25, -0.2) is 0 Å². The first-order chi connectivity index (χ1) is 8.80. The summed E-state index contributed by atoms with van der Waals surface area (Å²) in [5.41, 5.74) is 0.135. The molecule has 1 saturated carbocycles. The Morgan fingerprint density at radius 2 is 1.89 bits per heavy atom. The minimum absolute atomic E-state index is 0.0582. The van der Waals surface area contributed by atoms with Crippen molar-refractivity contribution in [1.29, 1.82) is 0 Å². The molecule has 4 unspecified atom stereocenters. The van der Waals surface area contributed by atoms with Crippen molar-refractivity contribution < 1.29 is 4.79 Å². The van der Waals surface area contributed by atoms with Gasteiger partial charge < -0.3 is 10.2 Å². The van der Waals surface area contributed by atoms with Gasteiger partial charge in [0, 0.05) is 19.1 Å². The Balaban J connectivity index is 1.97. The lowest BCUT2D eigenvalue weighted by Gasteiger charge is -2.36. The van der Waals surface area contributed by atoms with E-state index in [2.05, 4.69) is 33.0 Å². The Morgan fingerprint density at radius 3 is 2.47 bits per heavy atom. The number of likely N-dealkylation sites (N-methyl/N-ethyl adjacent to an activating group) is 1. The van der Waals surface area contributed by atoms with E-state index < -0.39 is 0 Å². The number of rotatable bonds is 2. The molecular weight excluding hydrogens is 236 g/mol. The molecular formula is C16H30N2O. The van der Waals surface area contributed by atoms with E-state index in [1.54, 1.807) is 0 Å². The first-order valence-electron chi connectivity index (χ1n) is 7.83. The van der Waals surface area contributed by atoms with Gasteiger partial charge in [-0.1, -0.05) is 33.6 Å². The normalized spacial score (nSPS) is 32.8. The lowest BCUT2D eigenvalue weighted by molar-refractivity contribution is -0.135. The third kappa shape index (κ3) is 3.13.